The minimum absolute atomic E-state index is 0.0183. The van der Waals surface area contributed by atoms with Gasteiger partial charge in [0.2, 0.25) is 0 Å². The molecule has 1 fully saturated rings. The Balaban J connectivity index is 1.93. The van der Waals surface area contributed by atoms with E-state index in [-0.39, 0.29) is 11.6 Å². The number of benzene rings is 1. The van der Waals surface area contributed by atoms with Gasteiger partial charge in [0.1, 0.15) is 11.4 Å². The van der Waals surface area contributed by atoms with Crippen molar-refractivity contribution in [3.05, 3.63) is 29.8 Å². The van der Waals surface area contributed by atoms with Crippen LogP contribution in [0.2, 0.25) is 0 Å². The zero-order valence-electron chi connectivity index (χ0n) is 11.4. The Hall–Kier alpha value is -1.02. The average molecular weight is 245 g/mol. The molecule has 2 aliphatic rings. The first-order valence-electron chi connectivity index (χ1n) is 7.03. The van der Waals surface area contributed by atoms with Crippen LogP contribution < -0.4 is 10.5 Å². The molecular formula is C16H23NO. The summed E-state index contributed by atoms with van der Waals surface area (Å²) in [5, 5.41) is 0. The second-order valence-electron chi connectivity index (χ2n) is 6.83. The Morgan fingerprint density at radius 2 is 2.00 bits per heavy atom. The molecule has 0 saturated heterocycles. The Labute approximate surface area is 110 Å². The predicted octanol–water partition coefficient (Wildman–Crippen LogP) is 3.81. The van der Waals surface area contributed by atoms with Crippen LogP contribution in [0.4, 0.5) is 0 Å². The van der Waals surface area contributed by atoms with Gasteiger partial charge in [0.15, 0.2) is 0 Å². The van der Waals surface area contributed by atoms with E-state index in [1.165, 1.54) is 18.4 Å². The lowest BCUT2D eigenvalue weighted by Crippen LogP contribution is -2.48. The first kappa shape index (κ1) is 12.0. The molecule has 1 aliphatic carbocycles. The van der Waals surface area contributed by atoms with Gasteiger partial charge in [0, 0.05) is 18.0 Å². The fraction of sp³-hybridized carbons (Fsp3) is 0.625. The van der Waals surface area contributed by atoms with Gasteiger partial charge < -0.3 is 10.5 Å². The second-order valence-corrected chi connectivity index (χ2v) is 6.83. The van der Waals surface area contributed by atoms with Crippen molar-refractivity contribution in [1.82, 2.24) is 0 Å². The molecular weight excluding hydrogens is 222 g/mol. The highest BCUT2D eigenvalue weighted by molar-refractivity contribution is 5.38. The fourth-order valence-corrected chi connectivity index (χ4v) is 3.86. The molecule has 1 heterocycles. The molecule has 0 aromatic heterocycles. The van der Waals surface area contributed by atoms with Crippen LogP contribution in [0.3, 0.4) is 0 Å². The summed E-state index contributed by atoms with van der Waals surface area (Å²) in [6, 6.07) is 8.38. The SMILES string of the molecule is CC1(C)CCCC2(C[C@H](N)c3ccccc3O2)C1. The molecule has 0 radical (unpaired) electrons. The maximum Gasteiger partial charge on any atom is 0.124 e. The summed E-state index contributed by atoms with van der Waals surface area (Å²) in [6.07, 6.45) is 5.80. The van der Waals surface area contributed by atoms with E-state index in [0.717, 1.165) is 25.0 Å². The van der Waals surface area contributed by atoms with Gasteiger partial charge in [-0.2, -0.15) is 0 Å². The van der Waals surface area contributed by atoms with Gasteiger partial charge in [0.05, 0.1) is 0 Å². The van der Waals surface area contributed by atoms with E-state index in [0.29, 0.717) is 5.41 Å². The number of ether oxygens (including phenoxy) is 1. The first-order valence-corrected chi connectivity index (χ1v) is 7.03. The quantitative estimate of drug-likeness (QED) is 0.754. The summed E-state index contributed by atoms with van der Waals surface area (Å²) in [5.41, 5.74) is 7.89. The molecule has 1 spiro atoms. The van der Waals surface area contributed by atoms with Crippen molar-refractivity contribution >= 4 is 0 Å². The van der Waals surface area contributed by atoms with Gasteiger partial charge in [-0.1, -0.05) is 32.0 Å². The Bertz CT molecular complexity index is 454. The van der Waals surface area contributed by atoms with Crippen LogP contribution >= 0.6 is 0 Å². The second kappa shape index (κ2) is 3.99. The highest BCUT2D eigenvalue weighted by atomic mass is 16.5. The lowest BCUT2D eigenvalue weighted by atomic mass is 9.66. The van der Waals surface area contributed by atoms with E-state index >= 15 is 0 Å². The van der Waals surface area contributed by atoms with Crippen molar-refractivity contribution < 1.29 is 4.74 Å². The fourth-order valence-electron chi connectivity index (χ4n) is 3.86. The lowest BCUT2D eigenvalue weighted by Gasteiger charge is -2.48. The highest BCUT2D eigenvalue weighted by Crippen LogP contribution is 2.50. The molecule has 0 amide bonds. The number of hydrogen-bond acceptors (Lipinski definition) is 2. The summed E-state index contributed by atoms with van der Waals surface area (Å²) in [7, 11) is 0. The van der Waals surface area contributed by atoms with Crippen molar-refractivity contribution in [1.29, 1.82) is 0 Å². The molecule has 1 unspecified atom stereocenters. The summed E-state index contributed by atoms with van der Waals surface area (Å²) >= 11 is 0. The van der Waals surface area contributed by atoms with E-state index in [1.807, 2.05) is 12.1 Å². The number of fused-ring (bicyclic) bond motifs is 1. The predicted molar refractivity (Wildman–Crippen MR) is 73.6 cm³/mol. The summed E-state index contributed by atoms with van der Waals surface area (Å²) < 4.78 is 6.39. The van der Waals surface area contributed by atoms with Crippen LogP contribution in [0.5, 0.6) is 5.75 Å². The summed E-state index contributed by atoms with van der Waals surface area (Å²) in [4.78, 5) is 0. The molecule has 1 saturated carbocycles. The first-order chi connectivity index (χ1) is 8.50. The van der Waals surface area contributed by atoms with Crippen LogP contribution in [0.25, 0.3) is 0 Å². The van der Waals surface area contributed by atoms with Crippen molar-refractivity contribution in [2.24, 2.45) is 11.1 Å². The molecule has 1 aromatic rings. The van der Waals surface area contributed by atoms with Crippen molar-refractivity contribution in [2.45, 2.75) is 57.6 Å². The van der Waals surface area contributed by atoms with Crippen LogP contribution in [-0.4, -0.2) is 5.60 Å². The number of rotatable bonds is 0. The van der Waals surface area contributed by atoms with E-state index in [9.17, 15) is 0 Å². The molecule has 1 aliphatic heterocycles. The Morgan fingerprint density at radius 3 is 2.78 bits per heavy atom. The Kier molecular flexibility index (Phi) is 2.67. The van der Waals surface area contributed by atoms with Crippen molar-refractivity contribution in [3.8, 4) is 5.75 Å². The largest absolute Gasteiger partial charge is 0.487 e. The molecule has 1 aromatic carbocycles. The smallest absolute Gasteiger partial charge is 0.124 e. The number of para-hydroxylation sites is 1. The van der Waals surface area contributed by atoms with Crippen LogP contribution in [0, 0.1) is 5.41 Å². The van der Waals surface area contributed by atoms with E-state index in [2.05, 4.69) is 26.0 Å². The molecule has 2 nitrogen and oxygen atoms in total. The van der Waals surface area contributed by atoms with Gasteiger partial charge >= 0.3 is 0 Å². The van der Waals surface area contributed by atoms with Crippen LogP contribution in [-0.2, 0) is 0 Å². The Morgan fingerprint density at radius 1 is 1.22 bits per heavy atom. The van der Waals surface area contributed by atoms with E-state index < -0.39 is 0 Å². The number of nitrogens with two attached hydrogens (primary N) is 1. The topological polar surface area (TPSA) is 35.2 Å². The van der Waals surface area contributed by atoms with Crippen molar-refractivity contribution in [3.63, 3.8) is 0 Å². The molecule has 2 atom stereocenters. The van der Waals surface area contributed by atoms with Gasteiger partial charge in [-0.25, -0.2) is 0 Å². The van der Waals surface area contributed by atoms with E-state index in [4.69, 9.17) is 10.5 Å². The molecule has 0 bridgehead atoms. The maximum atomic E-state index is 6.39. The van der Waals surface area contributed by atoms with Gasteiger partial charge in [-0.3, -0.25) is 0 Å². The lowest BCUT2D eigenvalue weighted by molar-refractivity contribution is -0.0385. The van der Waals surface area contributed by atoms with Crippen LogP contribution in [0.15, 0.2) is 24.3 Å². The number of hydrogen-bond donors (Lipinski definition) is 1. The minimum atomic E-state index is -0.0183. The monoisotopic (exact) mass is 245 g/mol. The molecule has 3 rings (SSSR count). The van der Waals surface area contributed by atoms with Crippen molar-refractivity contribution in [2.75, 3.05) is 0 Å². The standard InChI is InChI=1S/C16H23NO/c1-15(2)8-5-9-16(11-15)10-13(17)12-6-3-4-7-14(12)18-16/h3-4,6-7,13H,5,8-11,17H2,1-2H3/t13-,16?/m0/s1. The average Bonchev–Trinajstić information content (AvgIpc) is 2.27. The highest BCUT2D eigenvalue weighted by Gasteiger charge is 2.45. The zero-order chi connectivity index (χ0) is 12.8. The van der Waals surface area contributed by atoms with E-state index in [1.54, 1.807) is 0 Å². The van der Waals surface area contributed by atoms with Crippen LogP contribution in [0.1, 0.15) is 57.6 Å². The summed E-state index contributed by atoms with van der Waals surface area (Å²) in [6.45, 7) is 4.70. The normalized spacial score (nSPS) is 33.8. The zero-order valence-corrected chi connectivity index (χ0v) is 11.4. The van der Waals surface area contributed by atoms with Gasteiger partial charge in [0.25, 0.3) is 0 Å². The molecule has 2 N–H and O–H groups in total. The third-order valence-electron chi connectivity index (χ3n) is 4.52. The third-order valence-corrected chi connectivity index (χ3v) is 4.52. The minimum Gasteiger partial charge on any atom is -0.487 e. The molecule has 18 heavy (non-hydrogen) atoms. The molecule has 2 heteroatoms. The maximum absolute atomic E-state index is 6.39. The summed E-state index contributed by atoms with van der Waals surface area (Å²) in [5.74, 6) is 1.01. The third kappa shape index (κ3) is 2.03. The van der Waals surface area contributed by atoms with Gasteiger partial charge in [-0.05, 0) is 37.2 Å². The molecule has 98 valence electrons. The van der Waals surface area contributed by atoms with Gasteiger partial charge in [-0.15, -0.1) is 0 Å².